The second kappa shape index (κ2) is 10.5. The van der Waals surface area contributed by atoms with Crippen molar-refractivity contribution >= 4 is 15.9 Å². The van der Waals surface area contributed by atoms with E-state index < -0.39 is 10.0 Å². The van der Waals surface area contributed by atoms with E-state index in [-0.39, 0.29) is 23.4 Å². The molecule has 6 heteroatoms. The Labute approximate surface area is 212 Å². The highest BCUT2D eigenvalue weighted by Gasteiger charge is 2.22. The number of hydrogen-bond donors (Lipinski definition) is 2. The van der Waals surface area contributed by atoms with Crippen LogP contribution in [0.3, 0.4) is 0 Å². The standard InChI is InChI=1S/C30H28N2O3S/c33-30(32-29-15-7-11-24-10-4-5-14-28(24)29)26-13-6-12-25(20-26)23-16-18-27(19-17-23)36(34,35)31-21-22-8-2-1-3-9-22/h1-6,8-10,12-14,16-20,29,31H,7,11,15,21H2,(H,32,33)/t29-/m1/s1. The largest absolute Gasteiger partial charge is 0.345 e. The van der Waals surface area contributed by atoms with E-state index in [1.54, 1.807) is 30.3 Å². The van der Waals surface area contributed by atoms with Crippen molar-refractivity contribution in [3.63, 3.8) is 0 Å². The van der Waals surface area contributed by atoms with Crippen molar-refractivity contribution in [3.05, 3.63) is 125 Å². The lowest BCUT2D eigenvalue weighted by Gasteiger charge is -2.26. The third-order valence-corrected chi connectivity index (χ3v) is 8.02. The number of benzene rings is 4. The second-order valence-electron chi connectivity index (χ2n) is 9.03. The van der Waals surface area contributed by atoms with E-state index in [0.29, 0.717) is 5.56 Å². The molecule has 0 unspecified atom stereocenters. The summed E-state index contributed by atoms with van der Waals surface area (Å²) in [6.45, 7) is 0.230. The number of sulfonamides is 1. The normalized spacial score (nSPS) is 15.2. The van der Waals surface area contributed by atoms with Gasteiger partial charge in [-0.25, -0.2) is 13.1 Å². The van der Waals surface area contributed by atoms with Crippen LogP contribution in [0.2, 0.25) is 0 Å². The fourth-order valence-electron chi connectivity index (χ4n) is 4.67. The molecule has 5 nitrogen and oxygen atoms in total. The van der Waals surface area contributed by atoms with Crippen molar-refractivity contribution < 1.29 is 13.2 Å². The molecule has 0 heterocycles. The molecule has 0 bridgehead atoms. The Kier molecular flexibility index (Phi) is 6.98. The maximum absolute atomic E-state index is 13.1. The lowest BCUT2D eigenvalue weighted by molar-refractivity contribution is 0.0932. The van der Waals surface area contributed by atoms with Gasteiger partial charge in [-0.15, -0.1) is 0 Å². The number of hydrogen-bond acceptors (Lipinski definition) is 3. The van der Waals surface area contributed by atoms with Crippen LogP contribution in [0.15, 0.2) is 108 Å². The molecule has 0 aliphatic heterocycles. The van der Waals surface area contributed by atoms with Gasteiger partial charge in [0.15, 0.2) is 0 Å². The zero-order valence-electron chi connectivity index (χ0n) is 19.9. The molecular formula is C30H28N2O3S. The minimum absolute atomic E-state index is 0.0129. The molecule has 2 N–H and O–H groups in total. The zero-order valence-corrected chi connectivity index (χ0v) is 20.7. The Morgan fingerprint density at radius 2 is 1.56 bits per heavy atom. The van der Waals surface area contributed by atoms with Crippen LogP contribution in [0.1, 0.15) is 45.9 Å². The molecule has 1 aliphatic rings. The van der Waals surface area contributed by atoms with Gasteiger partial charge in [0.25, 0.3) is 5.91 Å². The molecule has 1 atom stereocenters. The molecule has 4 aromatic rings. The quantitative estimate of drug-likeness (QED) is 0.348. The summed E-state index contributed by atoms with van der Waals surface area (Å²) >= 11 is 0. The maximum atomic E-state index is 13.1. The van der Waals surface area contributed by atoms with E-state index >= 15 is 0 Å². The molecule has 5 rings (SSSR count). The van der Waals surface area contributed by atoms with Gasteiger partial charge in [-0.05, 0) is 71.3 Å². The summed E-state index contributed by atoms with van der Waals surface area (Å²) in [6.07, 6.45) is 3.03. The number of aryl methyl sites for hydroxylation is 1. The third-order valence-electron chi connectivity index (χ3n) is 6.61. The number of fused-ring (bicyclic) bond motifs is 1. The highest BCUT2D eigenvalue weighted by atomic mass is 32.2. The van der Waals surface area contributed by atoms with Crippen LogP contribution >= 0.6 is 0 Å². The average molecular weight is 497 g/mol. The molecule has 0 fully saturated rings. The van der Waals surface area contributed by atoms with Gasteiger partial charge in [-0.2, -0.15) is 0 Å². The molecule has 1 amide bonds. The number of rotatable bonds is 7. The summed E-state index contributed by atoms with van der Waals surface area (Å²) in [5.41, 5.74) is 5.67. The first-order valence-corrected chi connectivity index (χ1v) is 13.6. The molecule has 0 spiro atoms. The van der Waals surface area contributed by atoms with Crippen LogP contribution in [0.25, 0.3) is 11.1 Å². The highest BCUT2D eigenvalue weighted by Crippen LogP contribution is 2.30. The maximum Gasteiger partial charge on any atom is 0.251 e. The minimum atomic E-state index is -3.63. The smallest absolute Gasteiger partial charge is 0.251 e. The van der Waals surface area contributed by atoms with E-state index in [2.05, 4.69) is 22.2 Å². The summed E-state index contributed by atoms with van der Waals surface area (Å²) in [4.78, 5) is 13.3. The van der Waals surface area contributed by atoms with Gasteiger partial charge >= 0.3 is 0 Å². The van der Waals surface area contributed by atoms with E-state index in [9.17, 15) is 13.2 Å². The van der Waals surface area contributed by atoms with E-state index in [1.165, 1.54) is 11.1 Å². The lowest BCUT2D eigenvalue weighted by Crippen LogP contribution is -2.30. The van der Waals surface area contributed by atoms with Crippen LogP contribution in [-0.2, 0) is 23.0 Å². The molecule has 0 saturated carbocycles. The highest BCUT2D eigenvalue weighted by molar-refractivity contribution is 7.89. The van der Waals surface area contributed by atoms with E-state index in [0.717, 1.165) is 36.0 Å². The van der Waals surface area contributed by atoms with Crippen LogP contribution < -0.4 is 10.0 Å². The van der Waals surface area contributed by atoms with Crippen LogP contribution in [0, 0.1) is 0 Å². The molecule has 0 aromatic heterocycles. The molecule has 0 saturated heterocycles. The van der Waals surface area contributed by atoms with Crippen molar-refractivity contribution in [3.8, 4) is 11.1 Å². The monoisotopic (exact) mass is 496 g/mol. The summed E-state index contributed by atoms with van der Waals surface area (Å²) in [7, 11) is -3.63. The Balaban J connectivity index is 1.29. The molecule has 0 radical (unpaired) electrons. The third kappa shape index (κ3) is 5.40. The van der Waals surface area contributed by atoms with Gasteiger partial charge in [0.2, 0.25) is 10.0 Å². The van der Waals surface area contributed by atoms with Crippen LogP contribution in [0.5, 0.6) is 0 Å². The van der Waals surface area contributed by atoms with Crippen LogP contribution in [-0.4, -0.2) is 14.3 Å². The fourth-order valence-corrected chi connectivity index (χ4v) is 5.69. The number of carbonyl (C=O) groups is 1. The first-order valence-electron chi connectivity index (χ1n) is 12.1. The Morgan fingerprint density at radius 3 is 2.36 bits per heavy atom. The summed E-state index contributed by atoms with van der Waals surface area (Å²) in [6, 6.07) is 31.9. The van der Waals surface area contributed by atoms with Gasteiger partial charge < -0.3 is 5.32 Å². The number of amides is 1. The Morgan fingerprint density at radius 1 is 0.806 bits per heavy atom. The van der Waals surface area contributed by atoms with E-state index in [1.807, 2.05) is 60.7 Å². The minimum Gasteiger partial charge on any atom is -0.345 e. The predicted octanol–water partition coefficient (Wildman–Crippen LogP) is 5.64. The van der Waals surface area contributed by atoms with Crippen molar-refractivity contribution in [1.29, 1.82) is 0 Å². The van der Waals surface area contributed by atoms with Gasteiger partial charge in [0, 0.05) is 12.1 Å². The SMILES string of the molecule is O=C(N[C@@H]1CCCc2ccccc21)c1cccc(-c2ccc(S(=O)(=O)NCc3ccccc3)cc2)c1. The lowest BCUT2D eigenvalue weighted by atomic mass is 9.87. The first kappa shape index (κ1) is 24.0. The topological polar surface area (TPSA) is 75.3 Å². The second-order valence-corrected chi connectivity index (χ2v) is 10.8. The van der Waals surface area contributed by atoms with Crippen molar-refractivity contribution in [2.24, 2.45) is 0 Å². The summed E-state index contributed by atoms with van der Waals surface area (Å²) < 4.78 is 28.1. The van der Waals surface area contributed by atoms with Crippen molar-refractivity contribution in [1.82, 2.24) is 10.0 Å². The molecule has 1 aliphatic carbocycles. The number of nitrogens with one attached hydrogen (secondary N) is 2. The summed E-state index contributed by atoms with van der Waals surface area (Å²) in [5.74, 6) is -0.108. The Bertz CT molecular complexity index is 1470. The Hall–Kier alpha value is -3.74. The molecule has 36 heavy (non-hydrogen) atoms. The van der Waals surface area contributed by atoms with Crippen molar-refractivity contribution in [2.45, 2.75) is 36.7 Å². The first-order chi connectivity index (χ1) is 17.5. The van der Waals surface area contributed by atoms with Crippen LogP contribution in [0.4, 0.5) is 0 Å². The fraction of sp³-hybridized carbons (Fsp3) is 0.167. The molecule has 182 valence electrons. The number of carbonyl (C=O) groups excluding carboxylic acids is 1. The van der Waals surface area contributed by atoms with Gasteiger partial charge in [-0.1, -0.05) is 78.9 Å². The van der Waals surface area contributed by atoms with Gasteiger partial charge in [0.05, 0.1) is 10.9 Å². The summed E-state index contributed by atoms with van der Waals surface area (Å²) in [5, 5.41) is 3.20. The molecule has 4 aromatic carbocycles. The average Bonchev–Trinajstić information content (AvgIpc) is 2.93. The van der Waals surface area contributed by atoms with Gasteiger partial charge in [0.1, 0.15) is 0 Å². The predicted molar refractivity (Wildman–Crippen MR) is 142 cm³/mol. The van der Waals surface area contributed by atoms with Gasteiger partial charge in [-0.3, -0.25) is 4.79 Å². The van der Waals surface area contributed by atoms with E-state index in [4.69, 9.17) is 0 Å². The van der Waals surface area contributed by atoms with Crippen molar-refractivity contribution in [2.75, 3.05) is 0 Å². The molecular weight excluding hydrogens is 468 g/mol. The zero-order chi connectivity index (χ0) is 25.0.